The third-order valence-corrected chi connectivity index (χ3v) is 6.66. The van der Waals surface area contributed by atoms with E-state index in [1.807, 2.05) is 4.90 Å². The van der Waals surface area contributed by atoms with Gasteiger partial charge in [-0.1, -0.05) is 0 Å². The van der Waals surface area contributed by atoms with Crippen molar-refractivity contribution in [2.24, 2.45) is 0 Å². The number of likely N-dealkylation sites (tertiary alicyclic amines) is 1. The summed E-state index contributed by atoms with van der Waals surface area (Å²) in [5.74, 6) is -0.0107. The molecule has 3 fully saturated rings. The van der Waals surface area contributed by atoms with Crippen molar-refractivity contribution in [3.63, 3.8) is 0 Å². The Morgan fingerprint density at radius 1 is 1.04 bits per heavy atom. The molecular formula is C17H23N3O3S. The van der Waals surface area contributed by atoms with Crippen LogP contribution in [0, 0.1) is 0 Å². The average molecular weight is 349 g/mol. The molecule has 1 aromatic rings. The number of hydrogen-bond acceptors (Lipinski definition) is 4. The molecule has 2 aliphatic heterocycles. The second-order valence-electron chi connectivity index (χ2n) is 7.10. The lowest BCUT2D eigenvalue weighted by atomic mass is 10.1. The van der Waals surface area contributed by atoms with Crippen LogP contribution in [0.3, 0.4) is 0 Å². The first kappa shape index (κ1) is 16.1. The topological polar surface area (TPSA) is 78.5 Å². The first-order chi connectivity index (χ1) is 11.5. The van der Waals surface area contributed by atoms with Crippen LogP contribution in [0.5, 0.6) is 0 Å². The molecule has 1 saturated carbocycles. The van der Waals surface area contributed by atoms with Crippen molar-refractivity contribution in [1.82, 2.24) is 14.9 Å². The van der Waals surface area contributed by atoms with Gasteiger partial charge in [0.25, 0.3) is 5.91 Å². The first-order valence-corrected chi connectivity index (χ1v) is 10.2. The summed E-state index contributed by atoms with van der Waals surface area (Å²) in [5, 5.41) is 3.56. The Morgan fingerprint density at radius 2 is 1.75 bits per heavy atom. The lowest BCUT2D eigenvalue weighted by molar-refractivity contribution is 0.0748. The number of nitrogens with zero attached hydrogens (tertiary/aromatic N) is 1. The molecular weight excluding hydrogens is 326 g/mol. The van der Waals surface area contributed by atoms with Crippen LogP contribution in [0.25, 0.3) is 0 Å². The number of carbonyl (C=O) groups excluding carboxylic acids is 1. The second-order valence-corrected chi connectivity index (χ2v) is 8.81. The fraction of sp³-hybridized carbons (Fsp3) is 0.588. The first-order valence-electron chi connectivity index (χ1n) is 8.69. The molecule has 3 aliphatic rings. The molecule has 0 aromatic heterocycles. The van der Waals surface area contributed by atoms with E-state index in [-0.39, 0.29) is 16.8 Å². The number of fused-ring (bicyclic) bond motifs is 2. The third-order valence-electron chi connectivity index (χ3n) is 5.12. The van der Waals surface area contributed by atoms with E-state index in [1.165, 1.54) is 18.6 Å². The summed E-state index contributed by atoms with van der Waals surface area (Å²) in [5.41, 5.74) is 0.554. The van der Waals surface area contributed by atoms with Gasteiger partial charge in [-0.3, -0.25) is 4.79 Å². The predicted octanol–water partition coefficient (Wildman–Crippen LogP) is 1.09. The van der Waals surface area contributed by atoms with E-state index < -0.39 is 10.0 Å². The summed E-state index contributed by atoms with van der Waals surface area (Å²) < 4.78 is 27.0. The minimum atomic E-state index is -3.46. The minimum Gasteiger partial charge on any atom is -0.337 e. The van der Waals surface area contributed by atoms with Gasteiger partial charge in [0.05, 0.1) is 4.90 Å². The minimum absolute atomic E-state index is 0.0107. The molecule has 2 unspecified atom stereocenters. The van der Waals surface area contributed by atoms with E-state index in [1.54, 1.807) is 12.1 Å². The maximum absolute atomic E-state index is 12.7. The number of hydrogen-bond donors (Lipinski definition) is 2. The SMILES string of the molecule is O=C(c1ccc(S(=O)(=O)NC2CC2)cc1)N1CCC2CCC(C1)N2. The zero-order chi connectivity index (χ0) is 16.7. The Labute approximate surface area is 142 Å². The standard InChI is InChI=1S/C17H23N3O3S/c21-17(20-10-9-13-3-6-15(11-20)18-13)12-1-7-16(8-2-12)24(22,23)19-14-4-5-14/h1-2,7-8,13-15,18-19H,3-6,9-11H2. The van der Waals surface area contributed by atoms with Gasteiger partial charge in [-0.25, -0.2) is 13.1 Å². The molecule has 2 atom stereocenters. The van der Waals surface area contributed by atoms with Crippen molar-refractivity contribution in [3.05, 3.63) is 29.8 Å². The largest absolute Gasteiger partial charge is 0.337 e. The molecule has 2 saturated heterocycles. The summed E-state index contributed by atoms with van der Waals surface area (Å²) in [6, 6.07) is 7.31. The Morgan fingerprint density at radius 3 is 2.46 bits per heavy atom. The van der Waals surface area contributed by atoms with Gasteiger partial charge in [0.1, 0.15) is 0 Å². The fourth-order valence-electron chi connectivity index (χ4n) is 3.58. The summed E-state index contributed by atoms with van der Waals surface area (Å²) in [6.07, 6.45) is 5.12. The van der Waals surface area contributed by atoms with Crippen LogP contribution in [0.2, 0.25) is 0 Å². The number of sulfonamides is 1. The molecule has 2 N–H and O–H groups in total. The number of rotatable bonds is 4. The predicted molar refractivity (Wildman–Crippen MR) is 90.3 cm³/mol. The zero-order valence-corrected chi connectivity index (χ0v) is 14.4. The summed E-state index contributed by atoms with van der Waals surface area (Å²) in [7, 11) is -3.46. The van der Waals surface area contributed by atoms with Gasteiger partial charge in [0.2, 0.25) is 10.0 Å². The molecule has 24 heavy (non-hydrogen) atoms. The van der Waals surface area contributed by atoms with Gasteiger partial charge in [0.15, 0.2) is 0 Å². The van der Waals surface area contributed by atoms with E-state index in [9.17, 15) is 13.2 Å². The zero-order valence-electron chi connectivity index (χ0n) is 13.6. The van der Waals surface area contributed by atoms with E-state index in [4.69, 9.17) is 0 Å². The third kappa shape index (κ3) is 3.34. The Balaban J connectivity index is 1.46. The summed E-state index contributed by atoms with van der Waals surface area (Å²) in [6.45, 7) is 1.49. The van der Waals surface area contributed by atoms with Crippen molar-refractivity contribution < 1.29 is 13.2 Å². The highest BCUT2D eigenvalue weighted by atomic mass is 32.2. The number of nitrogens with one attached hydrogen (secondary N) is 2. The van der Waals surface area contributed by atoms with Crippen molar-refractivity contribution in [2.45, 2.75) is 55.1 Å². The lowest BCUT2D eigenvalue weighted by Gasteiger charge is -2.24. The quantitative estimate of drug-likeness (QED) is 0.853. The molecule has 130 valence electrons. The second kappa shape index (κ2) is 6.13. The van der Waals surface area contributed by atoms with Crippen LogP contribution in [0.1, 0.15) is 42.5 Å². The molecule has 2 heterocycles. The molecule has 2 bridgehead atoms. The molecule has 1 aliphatic carbocycles. The van der Waals surface area contributed by atoms with Crippen LogP contribution in [-0.2, 0) is 10.0 Å². The normalized spacial score (nSPS) is 27.1. The summed E-state index contributed by atoms with van der Waals surface area (Å²) >= 11 is 0. The smallest absolute Gasteiger partial charge is 0.253 e. The maximum Gasteiger partial charge on any atom is 0.253 e. The Kier molecular flexibility index (Phi) is 4.10. The molecule has 1 amide bonds. The molecule has 0 spiro atoms. The molecule has 6 nitrogen and oxygen atoms in total. The highest BCUT2D eigenvalue weighted by Crippen LogP contribution is 2.24. The Hall–Kier alpha value is -1.44. The molecule has 0 radical (unpaired) electrons. The van der Waals surface area contributed by atoms with Crippen LogP contribution in [-0.4, -0.2) is 50.4 Å². The number of amides is 1. The maximum atomic E-state index is 12.7. The van der Waals surface area contributed by atoms with Gasteiger partial charge in [-0.15, -0.1) is 0 Å². The Bertz CT molecular complexity index is 728. The van der Waals surface area contributed by atoms with Crippen LogP contribution in [0.15, 0.2) is 29.2 Å². The fourth-order valence-corrected chi connectivity index (χ4v) is 4.88. The van der Waals surface area contributed by atoms with Crippen molar-refractivity contribution in [1.29, 1.82) is 0 Å². The van der Waals surface area contributed by atoms with Crippen molar-refractivity contribution in [3.8, 4) is 0 Å². The molecule has 7 heteroatoms. The van der Waals surface area contributed by atoms with Gasteiger partial charge < -0.3 is 10.2 Å². The van der Waals surface area contributed by atoms with Crippen LogP contribution in [0.4, 0.5) is 0 Å². The van der Waals surface area contributed by atoms with E-state index in [0.29, 0.717) is 17.6 Å². The highest BCUT2D eigenvalue weighted by Gasteiger charge is 2.32. The van der Waals surface area contributed by atoms with Crippen molar-refractivity contribution >= 4 is 15.9 Å². The van der Waals surface area contributed by atoms with Gasteiger partial charge in [0, 0.05) is 36.8 Å². The van der Waals surface area contributed by atoms with Crippen LogP contribution >= 0.6 is 0 Å². The number of carbonyl (C=O) groups is 1. The average Bonchev–Trinajstić information content (AvgIpc) is 3.28. The summed E-state index contributed by atoms with van der Waals surface area (Å²) in [4.78, 5) is 14.8. The molecule has 1 aromatic carbocycles. The van der Waals surface area contributed by atoms with Gasteiger partial charge >= 0.3 is 0 Å². The van der Waals surface area contributed by atoms with E-state index in [0.717, 1.165) is 38.8 Å². The van der Waals surface area contributed by atoms with Crippen molar-refractivity contribution in [2.75, 3.05) is 13.1 Å². The van der Waals surface area contributed by atoms with E-state index >= 15 is 0 Å². The van der Waals surface area contributed by atoms with Crippen LogP contribution < -0.4 is 10.0 Å². The highest BCUT2D eigenvalue weighted by molar-refractivity contribution is 7.89. The van der Waals surface area contributed by atoms with E-state index in [2.05, 4.69) is 10.0 Å². The van der Waals surface area contributed by atoms with Gasteiger partial charge in [-0.2, -0.15) is 0 Å². The number of benzene rings is 1. The monoisotopic (exact) mass is 349 g/mol. The molecule has 4 rings (SSSR count). The van der Waals surface area contributed by atoms with Gasteiger partial charge in [-0.05, 0) is 56.4 Å². The lowest BCUT2D eigenvalue weighted by Crippen LogP contribution is -2.39.